The summed E-state index contributed by atoms with van der Waals surface area (Å²) in [5.41, 5.74) is 0. The first-order chi connectivity index (χ1) is 11.0. The smallest absolute Gasteiger partial charge is 0.303 e. The molecule has 0 aromatic carbocycles. The number of aliphatic carboxylic acids is 1. The second-order valence-corrected chi connectivity index (χ2v) is 7.29. The Bertz CT molecular complexity index is 318. The van der Waals surface area contributed by atoms with Gasteiger partial charge in [-0.25, -0.2) is 0 Å². The molecular formula is C19H36O4. The van der Waals surface area contributed by atoms with Crippen LogP contribution in [0.15, 0.2) is 0 Å². The molecule has 0 aromatic rings. The molecule has 0 aromatic heterocycles. The number of rotatable bonds is 13. The minimum absolute atomic E-state index is 0.174. The van der Waals surface area contributed by atoms with Crippen LogP contribution >= 0.6 is 0 Å². The zero-order valence-electron chi connectivity index (χ0n) is 14.8. The molecule has 4 heteroatoms. The largest absolute Gasteiger partial charge is 0.481 e. The molecule has 1 aliphatic carbocycles. The average molecular weight is 328 g/mol. The number of hydrogen-bond donors (Lipinski definition) is 3. The van der Waals surface area contributed by atoms with E-state index >= 15 is 0 Å². The third kappa shape index (κ3) is 8.71. The van der Waals surface area contributed by atoms with E-state index in [0.717, 1.165) is 77.0 Å². The van der Waals surface area contributed by atoms with Gasteiger partial charge >= 0.3 is 5.97 Å². The molecule has 3 N–H and O–H groups in total. The van der Waals surface area contributed by atoms with E-state index in [1.165, 1.54) is 0 Å². The number of aliphatic hydroxyl groups excluding tert-OH is 2. The SMILES string of the molecule is CCCCC(O)CCC1CC[C@H](O)[C@@H]1CCCCCCC(=O)O. The molecule has 4 atom stereocenters. The van der Waals surface area contributed by atoms with Crippen LogP contribution in [0.4, 0.5) is 0 Å². The average Bonchev–Trinajstić information content (AvgIpc) is 2.86. The number of carbonyl (C=O) groups is 1. The normalized spacial score (nSPS) is 25.6. The summed E-state index contributed by atoms with van der Waals surface area (Å²) in [6.45, 7) is 2.15. The lowest BCUT2D eigenvalue weighted by Gasteiger charge is -2.23. The number of unbranched alkanes of at least 4 members (excludes halogenated alkanes) is 4. The van der Waals surface area contributed by atoms with Crippen LogP contribution in [-0.2, 0) is 4.79 Å². The van der Waals surface area contributed by atoms with Crippen LogP contribution in [0, 0.1) is 11.8 Å². The fourth-order valence-corrected chi connectivity index (χ4v) is 3.91. The second-order valence-electron chi connectivity index (χ2n) is 7.29. The Kier molecular flexibility index (Phi) is 10.5. The van der Waals surface area contributed by atoms with E-state index in [4.69, 9.17) is 5.11 Å². The molecule has 1 aliphatic rings. The van der Waals surface area contributed by atoms with Crippen molar-refractivity contribution < 1.29 is 20.1 Å². The predicted octanol–water partition coefficient (Wildman–Crippen LogP) is 4.13. The first kappa shape index (κ1) is 20.4. The Hall–Kier alpha value is -0.610. The van der Waals surface area contributed by atoms with Crippen LogP contribution in [-0.4, -0.2) is 33.5 Å². The number of hydrogen-bond acceptors (Lipinski definition) is 3. The van der Waals surface area contributed by atoms with Gasteiger partial charge in [-0.05, 0) is 56.8 Å². The Morgan fingerprint density at radius 2 is 1.78 bits per heavy atom. The second kappa shape index (κ2) is 11.9. The van der Waals surface area contributed by atoms with Gasteiger partial charge in [0.25, 0.3) is 0 Å². The maximum atomic E-state index is 10.5. The van der Waals surface area contributed by atoms with E-state index in [2.05, 4.69) is 6.92 Å². The van der Waals surface area contributed by atoms with E-state index in [9.17, 15) is 15.0 Å². The minimum Gasteiger partial charge on any atom is -0.481 e. The highest BCUT2D eigenvalue weighted by atomic mass is 16.4. The van der Waals surface area contributed by atoms with Crippen molar-refractivity contribution in [3.05, 3.63) is 0 Å². The fraction of sp³-hybridized carbons (Fsp3) is 0.947. The summed E-state index contributed by atoms with van der Waals surface area (Å²) < 4.78 is 0. The highest BCUT2D eigenvalue weighted by molar-refractivity contribution is 5.66. The topological polar surface area (TPSA) is 77.8 Å². The lowest BCUT2D eigenvalue weighted by Crippen LogP contribution is -2.20. The van der Waals surface area contributed by atoms with Crippen molar-refractivity contribution in [2.24, 2.45) is 11.8 Å². The van der Waals surface area contributed by atoms with Crippen molar-refractivity contribution in [1.29, 1.82) is 0 Å². The molecule has 4 nitrogen and oxygen atoms in total. The number of carboxylic acid groups (broad SMARTS) is 1. The quantitative estimate of drug-likeness (QED) is 0.444. The van der Waals surface area contributed by atoms with E-state index in [1.807, 2.05) is 0 Å². The summed E-state index contributed by atoms with van der Waals surface area (Å²) in [6, 6.07) is 0. The molecule has 1 rings (SSSR count). The van der Waals surface area contributed by atoms with Crippen molar-refractivity contribution in [1.82, 2.24) is 0 Å². The first-order valence-electron chi connectivity index (χ1n) is 9.62. The molecule has 0 radical (unpaired) electrons. The van der Waals surface area contributed by atoms with Crippen molar-refractivity contribution in [3.63, 3.8) is 0 Å². The Morgan fingerprint density at radius 1 is 1.04 bits per heavy atom. The van der Waals surface area contributed by atoms with Gasteiger partial charge in [-0.3, -0.25) is 4.79 Å². The first-order valence-corrected chi connectivity index (χ1v) is 9.62. The van der Waals surface area contributed by atoms with Crippen molar-refractivity contribution >= 4 is 5.97 Å². The van der Waals surface area contributed by atoms with E-state index in [1.54, 1.807) is 0 Å². The Balaban J connectivity index is 2.19. The summed E-state index contributed by atoms with van der Waals surface area (Å²) in [5, 5.41) is 28.8. The van der Waals surface area contributed by atoms with Crippen LogP contribution in [0.25, 0.3) is 0 Å². The lowest BCUT2D eigenvalue weighted by molar-refractivity contribution is -0.137. The van der Waals surface area contributed by atoms with Crippen molar-refractivity contribution in [2.75, 3.05) is 0 Å². The third-order valence-corrected chi connectivity index (χ3v) is 5.37. The van der Waals surface area contributed by atoms with Gasteiger partial charge in [-0.15, -0.1) is 0 Å². The molecule has 1 saturated carbocycles. The van der Waals surface area contributed by atoms with Crippen molar-refractivity contribution in [3.8, 4) is 0 Å². The molecular weight excluding hydrogens is 292 g/mol. The zero-order valence-corrected chi connectivity index (χ0v) is 14.8. The minimum atomic E-state index is -0.710. The van der Waals surface area contributed by atoms with Crippen LogP contribution in [0.3, 0.4) is 0 Å². The summed E-state index contributed by atoms with van der Waals surface area (Å²) in [6.07, 6.45) is 11.8. The predicted molar refractivity (Wildman–Crippen MR) is 92.3 cm³/mol. The number of carboxylic acids is 1. The van der Waals surface area contributed by atoms with Gasteiger partial charge in [-0.2, -0.15) is 0 Å². The number of aliphatic hydroxyl groups is 2. The van der Waals surface area contributed by atoms with Crippen LogP contribution < -0.4 is 0 Å². The molecule has 0 heterocycles. The monoisotopic (exact) mass is 328 g/mol. The standard InChI is InChI=1S/C19H36O4/c1-2-3-8-16(20)13-11-15-12-14-18(21)17(15)9-6-4-5-7-10-19(22)23/h15-18,20-21H,2-14H2,1H3,(H,22,23)/t15?,16?,17-,18+/m1/s1. The molecule has 0 spiro atoms. The van der Waals surface area contributed by atoms with Gasteiger partial charge < -0.3 is 15.3 Å². The van der Waals surface area contributed by atoms with Gasteiger partial charge in [0.2, 0.25) is 0 Å². The molecule has 0 aliphatic heterocycles. The Labute approximate surface area is 141 Å². The van der Waals surface area contributed by atoms with E-state index in [0.29, 0.717) is 11.8 Å². The van der Waals surface area contributed by atoms with Gasteiger partial charge in [0, 0.05) is 6.42 Å². The van der Waals surface area contributed by atoms with Crippen LogP contribution in [0.1, 0.15) is 90.4 Å². The van der Waals surface area contributed by atoms with Crippen LogP contribution in [0.5, 0.6) is 0 Å². The molecule has 2 unspecified atom stereocenters. The molecule has 0 saturated heterocycles. The van der Waals surface area contributed by atoms with Gasteiger partial charge in [-0.1, -0.05) is 39.0 Å². The molecule has 23 heavy (non-hydrogen) atoms. The zero-order chi connectivity index (χ0) is 17.1. The molecule has 0 bridgehead atoms. The maximum Gasteiger partial charge on any atom is 0.303 e. The van der Waals surface area contributed by atoms with Crippen molar-refractivity contribution in [2.45, 2.75) is 103 Å². The summed E-state index contributed by atoms with van der Waals surface area (Å²) >= 11 is 0. The Morgan fingerprint density at radius 3 is 2.48 bits per heavy atom. The van der Waals surface area contributed by atoms with Gasteiger partial charge in [0.05, 0.1) is 12.2 Å². The summed E-state index contributed by atoms with van der Waals surface area (Å²) in [7, 11) is 0. The highest BCUT2D eigenvalue weighted by Gasteiger charge is 2.34. The van der Waals surface area contributed by atoms with Crippen LogP contribution in [0.2, 0.25) is 0 Å². The van der Waals surface area contributed by atoms with E-state index < -0.39 is 5.97 Å². The molecule has 1 fully saturated rings. The van der Waals surface area contributed by atoms with Gasteiger partial charge in [0.15, 0.2) is 0 Å². The van der Waals surface area contributed by atoms with Gasteiger partial charge in [0.1, 0.15) is 0 Å². The fourth-order valence-electron chi connectivity index (χ4n) is 3.91. The lowest BCUT2D eigenvalue weighted by atomic mass is 9.85. The third-order valence-electron chi connectivity index (χ3n) is 5.37. The summed E-state index contributed by atoms with van der Waals surface area (Å²) in [5.74, 6) is 0.228. The molecule has 0 amide bonds. The van der Waals surface area contributed by atoms with E-state index in [-0.39, 0.29) is 18.6 Å². The molecule has 136 valence electrons. The maximum absolute atomic E-state index is 10.5. The highest BCUT2D eigenvalue weighted by Crippen LogP contribution is 2.39. The summed E-state index contributed by atoms with van der Waals surface area (Å²) in [4.78, 5) is 10.5.